The monoisotopic (exact) mass is 295 g/mol. The van der Waals surface area contributed by atoms with Crippen molar-refractivity contribution < 1.29 is 31.1 Å². The van der Waals surface area contributed by atoms with Crippen molar-refractivity contribution in [1.29, 1.82) is 0 Å². The van der Waals surface area contributed by atoms with Crippen LogP contribution in [0.1, 0.15) is 27.2 Å². The summed E-state index contributed by atoms with van der Waals surface area (Å²) in [6, 6.07) is -0.540. The normalized spacial score (nSPS) is 16.7. The molecule has 0 saturated heterocycles. The molecule has 0 heterocycles. The molecule has 0 amide bonds. The second-order valence-electron chi connectivity index (χ2n) is 4.35. The quantitative estimate of drug-likeness (QED) is 0.726. The Bertz CT molecular complexity index is 239. The lowest BCUT2D eigenvalue weighted by atomic mass is 10.00. The molecular weight excluding hydrogens is 276 g/mol. The maximum absolute atomic E-state index is 12.3. The molecule has 0 aromatic carbocycles. The fourth-order valence-electron chi connectivity index (χ4n) is 1.55. The lowest BCUT2D eigenvalue weighted by Crippen LogP contribution is -2.48. The van der Waals surface area contributed by atoms with E-state index in [1.807, 2.05) is 0 Å². The molecule has 116 valence electrons. The molecule has 0 aliphatic heterocycles. The number of hydrogen-bond donors (Lipinski definition) is 1. The molecule has 2 unspecified atom stereocenters. The van der Waals surface area contributed by atoms with Crippen molar-refractivity contribution in [3.8, 4) is 0 Å². The summed E-state index contributed by atoms with van der Waals surface area (Å²) in [6.45, 7) is 5.08. The van der Waals surface area contributed by atoms with Crippen LogP contribution in [0.15, 0.2) is 0 Å². The van der Waals surface area contributed by atoms with Crippen molar-refractivity contribution in [2.24, 2.45) is 5.92 Å². The lowest BCUT2D eigenvalue weighted by molar-refractivity contribution is -0.323. The molecule has 0 rings (SSSR count). The van der Waals surface area contributed by atoms with Gasteiger partial charge in [0.1, 0.15) is 0 Å². The van der Waals surface area contributed by atoms with E-state index in [0.29, 0.717) is 13.0 Å². The Kier molecular flexibility index (Phi) is 7.13. The Morgan fingerprint density at radius 2 is 1.47 bits per heavy atom. The van der Waals surface area contributed by atoms with Crippen molar-refractivity contribution in [3.05, 3.63) is 0 Å². The fraction of sp³-hybridized carbons (Fsp3) is 1.00. The van der Waals surface area contributed by atoms with Crippen LogP contribution in [0.4, 0.5) is 26.3 Å². The summed E-state index contributed by atoms with van der Waals surface area (Å²) in [5, 5.41) is 2.83. The van der Waals surface area contributed by atoms with Crippen LogP contribution in [-0.4, -0.2) is 37.7 Å². The highest BCUT2D eigenvalue weighted by Crippen LogP contribution is 2.35. The van der Waals surface area contributed by atoms with Gasteiger partial charge in [0.2, 0.25) is 6.10 Å². The molecule has 2 atom stereocenters. The maximum Gasteiger partial charge on any atom is 0.423 e. The van der Waals surface area contributed by atoms with Crippen molar-refractivity contribution in [2.45, 2.75) is 51.7 Å². The zero-order chi connectivity index (χ0) is 15.3. The van der Waals surface area contributed by atoms with Gasteiger partial charge in [0.15, 0.2) is 0 Å². The van der Waals surface area contributed by atoms with Crippen LogP contribution in [-0.2, 0) is 4.74 Å². The van der Waals surface area contributed by atoms with Gasteiger partial charge in [-0.3, -0.25) is 0 Å². The number of nitrogens with one attached hydrogen (secondary N) is 1. The molecule has 0 radical (unpaired) electrons. The molecule has 0 aromatic heterocycles. The third kappa shape index (κ3) is 6.47. The van der Waals surface area contributed by atoms with Gasteiger partial charge in [-0.2, -0.15) is 26.3 Å². The van der Waals surface area contributed by atoms with Gasteiger partial charge in [0.05, 0.1) is 6.61 Å². The number of halogens is 6. The number of hydrogen-bond acceptors (Lipinski definition) is 2. The first-order valence-electron chi connectivity index (χ1n) is 6.02. The van der Waals surface area contributed by atoms with E-state index < -0.39 is 31.1 Å². The number of likely N-dealkylation sites (N-methyl/N-ethyl adjacent to an activating group) is 1. The van der Waals surface area contributed by atoms with E-state index in [9.17, 15) is 26.3 Å². The summed E-state index contributed by atoms with van der Waals surface area (Å²) in [5.41, 5.74) is 0. The Morgan fingerprint density at radius 3 is 1.79 bits per heavy atom. The molecule has 0 saturated carbocycles. The Morgan fingerprint density at radius 1 is 1.00 bits per heavy atom. The SMILES string of the molecule is CCNC(COC(C(F)(F)F)C(F)(F)F)C(C)CC. The highest BCUT2D eigenvalue weighted by molar-refractivity contribution is 4.79. The first-order valence-corrected chi connectivity index (χ1v) is 6.02. The molecule has 0 aromatic rings. The topological polar surface area (TPSA) is 21.3 Å². The van der Waals surface area contributed by atoms with Gasteiger partial charge in [-0.15, -0.1) is 0 Å². The Labute approximate surface area is 108 Å². The van der Waals surface area contributed by atoms with E-state index in [4.69, 9.17) is 0 Å². The largest absolute Gasteiger partial charge is 0.423 e. The summed E-state index contributed by atoms with van der Waals surface area (Å²) < 4.78 is 77.7. The van der Waals surface area contributed by atoms with Gasteiger partial charge in [-0.25, -0.2) is 0 Å². The first-order chi connectivity index (χ1) is 8.54. The molecule has 0 aliphatic carbocycles. The summed E-state index contributed by atoms with van der Waals surface area (Å²) in [7, 11) is 0. The highest BCUT2D eigenvalue weighted by Gasteiger charge is 2.58. The van der Waals surface area contributed by atoms with Gasteiger partial charge in [-0.1, -0.05) is 27.2 Å². The molecule has 0 fully saturated rings. The molecule has 1 N–H and O–H groups in total. The zero-order valence-electron chi connectivity index (χ0n) is 11.0. The Balaban J connectivity index is 4.69. The molecular formula is C11H19F6NO. The van der Waals surface area contributed by atoms with Crippen LogP contribution in [0, 0.1) is 5.92 Å². The maximum atomic E-state index is 12.3. The van der Waals surface area contributed by atoms with Gasteiger partial charge in [-0.05, 0) is 12.5 Å². The van der Waals surface area contributed by atoms with Gasteiger partial charge in [0, 0.05) is 6.04 Å². The second-order valence-corrected chi connectivity index (χ2v) is 4.35. The molecule has 19 heavy (non-hydrogen) atoms. The van der Waals surface area contributed by atoms with E-state index in [0.717, 1.165) is 0 Å². The van der Waals surface area contributed by atoms with Gasteiger partial charge < -0.3 is 10.1 Å². The standard InChI is InChI=1S/C11H19F6NO/c1-4-7(3)8(18-5-2)6-19-9(10(12,13)14)11(15,16)17/h7-9,18H,4-6H2,1-3H3. The van der Waals surface area contributed by atoms with Gasteiger partial charge >= 0.3 is 12.4 Å². The van der Waals surface area contributed by atoms with E-state index in [1.54, 1.807) is 20.8 Å². The smallest absolute Gasteiger partial charge is 0.359 e. The molecule has 0 bridgehead atoms. The van der Waals surface area contributed by atoms with E-state index >= 15 is 0 Å². The fourth-order valence-corrected chi connectivity index (χ4v) is 1.55. The lowest BCUT2D eigenvalue weighted by Gasteiger charge is -2.28. The van der Waals surface area contributed by atoms with Crippen LogP contribution in [0.25, 0.3) is 0 Å². The predicted octanol–water partition coefficient (Wildman–Crippen LogP) is 3.52. The summed E-state index contributed by atoms with van der Waals surface area (Å²) in [5.74, 6) is -0.0814. The first kappa shape index (κ1) is 18.5. The van der Waals surface area contributed by atoms with Crippen LogP contribution in [0.5, 0.6) is 0 Å². The second kappa shape index (κ2) is 7.33. The van der Waals surface area contributed by atoms with Gasteiger partial charge in [0.25, 0.3) is 0 Å². The minimum absolute atomic E-state index is 0.0814. The summed E-state index contributed by atoms with van der Waals surface area (Å²) in [4.78, 5) is 0. The Hall–Kier alpha value is -0.500. The van der Waals surface area contributed by atoms with E-state index in [-0.39, 0.29) is 5.92 Å². The minimum atomic E-state index is -5.45. The van der Waals surface area contributed by atoms with E-state index in [2.05, 4.69) is 10.1 Å². The summed E-state index contributed by atoms with van der Waals surface area (Å²) >= 11 is 0. The summed E-state index contributed by atoms with van der Waals surface area (Å²) in [6.07, 6.45) is -14.0. The van der Waals surface area contributed by atoms with Crippen molar-refractivity contribution in [3.63, 3.8) is 0 Å². The average Bonchev–Trinajstić information content (AvgIpc) is 2.23. The van der Waals surface area contributed by atoms with Crippen LogP contribution >= 0.6 is 0 Å². The molecule has 8 heteroatoms. The third-order valence-corrected chi connectivity index (χ3v) is 2.83. The van der Waals surface area contributed by atoms with Crippen LogP contribution in [0.3, 0.4) is 0 Å². The number of ether oxygens (including phenoxy) is 1. The van der Waals surface area contributed by atoms with E-state index in [1.165, 1.54) is 0 Å². The zero-order valence-corrected chi connectivity index (χ0v) is 11.0. The van der Waals surface area contributed by atoms with Crippen LogP contribution in [0.2, 0.25) is 0 Å². The number of alkyl halides is 6. The molecule has 2 nitrogen and oxygen atoms in total. The highest BCUT2D eigenvalue weighted by atomic mass is 19.4. The van der Waals surface area contributed by atoms with Crippen molar-refractivity contribution in [1.82, 2.24) is 5.32 Å². The number of rotatable bonds is 7. The van der Waals surface area contributed by atoms with Crippen molar-refractivity contribution in [2.75, 3.05) is 13.2 Å². The average molecular weight is 295 g/mol. The predicted molar refractivity (Wildman–Crippen MR) is 58.8 cm³/mol. The third-order valence-electron chi connectivity index (χ3n) is 2.83. The van der Waals surface area contributed by atoms with Crippen LogP contribution < -0.4 is 5.32 Å². The van der Waals surface area contributed by atoms with Crippen molar-refractivity contribution >= 4 is 0 Å². The molecule has 0 spiro atoms. The molecule has 0 aliphatic rings. The minimum Gasteiger partial charge on any atom is -0.359 e.